The number of rotatable bonds is 6. The topological polar surface area (TPSA) is 64.4 Å². The van der Waals surface area contributed by atoms with Crippen LogP contribution in [0, 0.1) is 12.7 Å². The summed E-state index contributed by atoms with van der Waals surface area (Å²) in [7, 11) is 1.47. The summed E-state index contributed by atoms with van der Waals surface area (Å²) in [6, 6.07) is 12.9. The smallest absolute Gasteiger partial charge is 0.387 e. The minimum atomic E-state index is -2.93. The fourth-order valence-electron chi connectivity index (χ4n) is 2.87. The van der Waals surface area contributed by atoms with Crippen LogP contribution in [-0.2, 0) is 6.54 Å². The molecule has 0 aliphatic carbocycles. The van der Waals surface area contributed by atoms with Crippen molar-refractivity contribution in [3.05, 3.63) is 87.6 Å². The van der Waals surface area contributed by atoms with Crippen molar-refractivity contribution >= 4 is 5.91 Å². The Morgan fingerprint density at radius 2 is 1.83 bits per heavy atom. The monoisotopic (exact) mass is 417 g/mol. The van der Waals surface area contributed by atoms with E-state index in [1.807, 2.05) is 0 Å². The highest BCUT2D eigenvalue weighted by Gasteiger charge is 2.20. The van der Waals surface area contributed by atoms with E-state index in [9.17, 15) is 22.8 Å². The molecule has 1 amide bonds. The first-order valence-electron chi connectivity index (χ1n) is 8.91. The average molecular weight is 417 g/mol. The zero-order valence-corrected chi connectivity index (χ0v) is 16.2. The van der Waals surface area contributed by atoms with Gasteiger partial charge in [-0.1, -0.05) is 24.3 Å². The van der Waals surface area contributed by atoms with Gasteiger partial charge in [0, 0.05) is 25.4 Å². The van der Waals surface area contributed by atoms with Gasteiger partial charge in [-0.05, 0) is 36.8 Å². The van der Waals surface area contributed by atoms with Crippen molar-refractivity contribution in [2.24, 2.45) is 0 Å². The van der Waals surface area contributed by atoms with Gasteiger partial charge in [0.2, 0.25) is 5.43 Å². The van der Waals surface area contributed by atoms with Gasteiger partial charge in [0.1, 0.15) is 17.3 Å². The normalized spacial score (nSPS) is 10.9. The molecule has 0 saturated carbocycles. The van der Waals surface area contributed by atoms with Gasteiger partial charge < -0.3 is 9.64 Å². The molecule has 9 heteroatoms. The van der Waals surface area contributed by atoms with E-state index in [1.165, 1.54) is 65.2 Å². The predicted molar refractivity (Wildman–Crippen MR) is 103 cm³/mol. The number of nitrogens with zero attached hydrogens (tertiary/aromatic N) is 3. The summed E-state index contributed by atoms with van der Waals surface area (Å²) in [5.41, 5.74) is 0.177. The maximum Gasteiger partial charge on any atom is 0.387 e. The van der Waals surface area contributed by atoms with E-state index < -0.39 is 23.8 Å². The number of carbonyl (C=O) groups is 1. The molecule has 1 heterocycles. The molecule has 3 aromatic rings. The van der Waals surface area contributed by atoms with Gasteiger partial charge in [-0.3, -0.25) is 9.59 Å². The van der Waals surface area contributed by atoms with E-state index in [-0.39, 0.29) is 23.7 Å². The minimum Gasteiger partial charge on any atom is -0.435 e. The first kappa shape index (κ1) is 21.1. The molecule has 2 aromatic carbocycles. The number of alkyl halides is 2. The first-order chi connectivity index (χ1) is 14.3. The lowest BCUT2D eigenvalue weighted by Gasteiger charge is -2.18. The van der Waals surface area contributed by atoms with E-state index in [0.29, 0.717) is 11.3 Å². The molecule has 0 N–H and O–H groups in total. The molecule has 0 spiro atoms. The van der Waals surface area contributed by atoms with E-state index in [1.54, 1.807) is 13.0 Å². The summed E-state index contributed by atoms with van der Waals surface area (Å²) >= 11 is 0. The van der Waals surface area contributed by atoms with Crippen molar-refractivity contribution in [1.82, 2.24) is 14.7 Å². The number of ether oxygens (including phenoxy) is 1. The number of hydrogen-bond acceptors (Lipinski definition) is 4. The molecule has 6 nitrogen and oxygen atoms in total. The number of halogens is 3. The van der Waals surface area contributed by atoms with Crippen LogP contribution in [0.15, 0.2) is 59.4 Å². The van der Waals surface area contributed by atoms with Gasteiger partial charge in [0.25, 0.3) is 5.91 Å². The van der Waals surface area contributed by atoms with Crippen LogP contribution in [0.1, 0.15) is 21.7 Å². The molecule has 30 heavy (non-hydrogen) atoms. The van der Waals surface area contributed by atoms with Crippen molar-refractivity contribution in [1.29, 1.82) is 0 Å². The molecular formula is C21H18F3N3O3. The Morgan fingerprint density at radius 1 is 1.17 bits per heavy atom. The van der Waals surface area contributed by atoms with Crippen LogP contribution >= 0.6 is 0 Å². The maximum absolute atomic E-state index is 14.2. The standard InChI is InChI=1S/C21H18F3N3O3/c1-13-11-18(28)19(25-27(13)17-6-4-3-5-16(17)22)20(29)26(2)12-14-7-9-15(10-8-14)30-21(23)24/h3-11,21H,12H2,1-2H3. The highest BCUT2D eigenvalue weighted by Crippen LogP contribution is 2.17. The van der Waals surface area contributed by atoms with Crippen LogP contribution in [0.3, 0.4) is 0 Å². The second-order valence-electron chi connectivity index (χ2n) is 6.55. The van der Waals surface area contributed by atoms with Crippen LogP contribution in [0.25, 0.3) is 5.69 Å². The van der Waals surface area contributed by atoms with Gasteiger partial charge >= 0.3 is 6.61 Å². The van der Waals surface area contributed by atoms with Crippen LogP contribution in [-0.4, -0.2) is 34.2 Å². The molecule has 0 atom stereocenters. The van der Waals surface area contributed by atoms with E-state index in [2.05, 4.69) is 9.84 Å². The summed E-state index contributed by atoms with van der Waals surface area (Å²) in [4.78, 5) is 26.4. The molecule has 0 aliphatic rings. The summed E-state index contributed by atoms with van der Waals surface area (Å²) in [6.07, 6.45) is 0. The predicted octanol–water partition coefficient (Wildman–Crippen LogP) is 3.55. The highest BCUT2D eigenvalue weighted by molar-refractivity contribution is 5.91. The number of amides is 1. The van der Waals surface area contributed by atoms with Crippen molar-refractivity contribution < 1.29 is 22.7 Å². The number of carbonyl (C=O) groups excluding carboxylic acids is 1. The zero-order valence-electron chi connectivity index (χ0n) is 16.2. The average Bonchev–Trinajstić information content (AvgIpc) is 2.69. The second kappa shape index (κ2) is 8.81. The molecule has 0 unspecified atom stereocenters. The van der Waals surface area contributed by atoms with Crippen LogP contribution < -0.4 is 10.2 Å². The Bertz CT molecular complexity index is 1110. The number of aryl methyl sites for hydroxylation is 1. The SMILES string of the molecule is Cc1cc(=O)c(C(=O)N(C)Cc2ccc(OC(F)F)cc2)nn1-c1ccccc1F. The lowest BCUT2D eigenvalue weighted by molar-refractivity contribution is -0.0498. The zero-order chi connectivity index (χ0) is 21.8. The van der Waals surface area contributed by atoms with Gasteiger partial charge in [0.15, 0.2) is 5.69 Å². The Kier molecular flexibility index (Phi) is 6.20. The molecule has 0 aliphatic heterocycles. The Labute approximate surface area is 170 Å². The molecule has 0 fully saturated rings. The largest absolute Gasteiger partial charge is 0.435 e. The third-order valence-electron chi connectivity index (χ3n) is 4.31. The Morgan fingerprint density at radius 3 is 2.47 bits per heavy atom. The van der Waals surface area contributed by atoms with Crippen molar-refractivity contribution in [3.8, 4) is 11.4 Å². The third kappa shape index (κ3) is 4.68. The fraction of sp³-hybridized carbons (Fsp3) is 0.190. The van der Waals surface area contributed by atoms with Crippen molar-refractivity contribution in [2.45, 2.75) is 20.1 Å². The maximum atomic E-state index is 14.2. The molecule has 0 radical (unpaired) electrons. The molecule has 156 valence electrons. The van der Waals surface area contributed by atoms with E-state index >= 15 is 0 Å². The van der Waals surface area contributed by atoms with Crippen LogP contribution in [0.4, 0.5) is 13.2 Å². The number of hydrogen-bond donors (Lipinski definition) is 0. The first-order valence-corrected chi connectivity index (χ1v) is 8.91. The summed E-state index contributed by atoms with van der Waals surface area (Å²) in [5, 5.41) is 4.08. The summed E-state index contributed by atoms with van der Waals surface area (Å²) in [5.74, 6) is -1.21. The summed E-state index contributed by atoms with van der Waals surface area (Å²) in [6.45, 7) is -1.24. The minimum absolute atomic E-state index is 0.00398. The molecule has 3 rings (SSSR count). The van der Waals surface area contributed by atoms with Gasteiger partial charge in [-0.15, -0.1) is 0 Å². The highest BCUT2D eigenvalue weighted by atomic mass is 19.3. The van der Waals surface area contributed by atoms with E-state index in [4.69, 9.17) is 0 Å². The lowest BCUT2D eigenvalue weighted by atomic mass is 10.2. The quantitative estimate of drug-likeness (QED) is 0.615. The third-order valence-corrected chi connectivity index (χ3v) is 4.31. The number of benzene rings is 2. The second-order valence-corrected chi connectivity index (χ2v) is 6.55. The van der Waals surface area contributed by atoms with Gasteiger partial charge in [-0.2, -0.15) is 13.9 Å². The molecule has 0 bridgehead atoms. The number of para-hydroxylation sites is 1. The molecular weight excluding hydrogens is 399 g/mol. The van der Waals surface area contributed by atoms with Crippen LogP contribution in [0.2, 0.25) is 0 Å². The van der Waals surface area contributed by atoms with Gasteiger partial charge in [0.05, 0.1) is 0 Å². The summed E-state index contributed by atoms with van der Waals surface area (Å²) < 4.78 is 44.1. The van der Waals surface area contributed by atoms with Crippen molar-refractivity contribution in [2.75, 3.05) is 7.05 Å². The fourth-order valence-corrected chi connectivity index (χ4v) is 2.87. The van der Waals surface area contributed by atoms with Crippen LogP contribution in [0.5, 0.6) is 5.75 Å². The van der Waals surface area contributed by atoms with E-state index in [0.717, 1.165) is 0 Å². The Hall–Kier alpha value is -3.62. The number of aromatic nitrogens is 2. The Balaban J connectivity index is 1.85. The van der Waals surface area contributed by atoms with Crippen molar-refractivity contribution in [3.63, 3.8) is 0 Å². The molecule has 1 aromatic heterocycles. The van der Waals surface area contributed by atoms with Gasteiger partial charge in [-0.25, -0.2) is 9.07 Å². The molecule has 0 saturated heterocycles. The lowest BCUT2D eigenvalue weighted by Crippen LogP contribution is -2.33.